The van der Waals surface area contributed by atoms with E-state index >= 15 is 0 Å². The number of ketones is 1. The van der Waals surface area contributed by atoms with Crippen LogP contribution >= 0.6 is 11.6 Å². The van der Waals surface area contributed by atoms with Gasteiger partial charge in [-0.2, -0.15) is 0 Å². The summed E-state index contributed by atoms with van der Waals surface area (Å²) in [7, 11) is 1.99. The fourth-order valence-electron chi connectivity index (χ4n) is 5.07. The Hall–Kier alpha value is -3.55. The lowest BCUT2D eigenvalue weighted by Gasteiger charge is -2.19. The number of nitrogens with one attached hydrogen (secondary N) is 2. The zero-order valence-electron chi connectivity index (χ0n) is 21.4. The van der Waals surface area contributed by atoms with Crippen molar-refractivity contribution in [3.63, 3.8) is 0 Å². The van der Waals surface area contributed by atoms with Crippen LogP contribution in [0.1, 0.15) is 35.2 Å². The Bertz CT molecular complexity index is 1510. The van der Waals surface area contributed by atoms with Gasteiger partial charge >= 0.3 is 0 Å². The Morgan fingerprint density at radius 2 is 1.89 bits per heavy atom. The van der Waals surface area contributed by atoms with E-state index in [1.807, 2.05) is 37.4 Å². The lowest BCUT2D eigenvalue weighted by molar-refractivity contribution is 0.0968. The molecule has 1 aliphatic heterocycles. The smallest absolute Gasteiger partial charge is 0.169 e. The molecule has 2 N–H and O–H groups in total. The summed E-state index contributed by atoms with van der Waals surface area (Å²) in [5.74, 6) is 0.713. The summed E-state index contributed by atoms with van der Waals surface area (Å²) in [5.41, 5.74) is 4.66. The highest BCUT2D eigenvalue weighted by Gasteiger charge is 2.32. The highest BCUT2D eigenvalue weighted by Crippen LogP contribution is 2.39. The van der Waals surface area contributed by atoms with Gasteiger partial charge in [0.2, 0.25) is 0 Å². The van der Waals surface area contributed by atoms with Crippen molar-refractivity contribution in [2.75, 3.05) is 30.4 Å². The topological polar surface area (TPSA) is 70.2 Å². The number of carbonyl (C=O) groups excluding carboxylic acids is 1. The van der Waals surface area contributed by atoms with E-state index in [0.717, 1.165) is 60.3 Å². The van der Waals surface area contributed by atoms with Crippen LogP contribution in [0.5, 0.6) is 0 Å². The predicted octanol–water partition coefficient (Wildman–Crippen LogP) is 6.53. The maximum Gasteiger partial charge on any atom is 0.169 e. The van der Waals surface area contributed by atoms with E-state index in [-0.39, 0.29) is 17.5 Å². The van der Waals surface area contributed by atoms with Gasteiger partial charge in [-0.3, -0.25) is 9.78 Å². The number of nitrogens with zero attached hydrogens (tertiary/aromatic N) is 3. The molecule has 8 heteroatoms. The van der Waals surface area contributed by atoms with Crippen LogP contribution in [-0.4, -0.2) is 41.9 Å². The fourth-order valence-corrected chi connectivity index (χ4v) is 5.27. The van der Waals surface area contributed by atoms with Crippen molar-refractivity contribution < 1.29 is 9.18 Å². The van der Waals surface area contributed by atoms with Gasteiger partial charge in [0.25, 0.3) is 0 Å². The number of halogens is 2. The molecule has 1 aliphatic carbocycles. The van der Waals surface area contributed by atoms with Crippen LogP contribution in [0.15, 0.2) is 54.9 Å². The minimum absolute atomic E-state index is 0.0405. The molecule has 0 radical (unpaired) electrons. The van der Waals surface area contributed by atoms with Crippen LogP contribution in [0.3, 0.4) is 0 Å². The monoisotopic (exact) mass is 529 g/mol. The van der Waals surface area contributed by atoms with Crippen LogP contribution in [0.2, 0.25) is 5.02 Å². The van der Waals surface area contributed by atoms with Crippen molar-refractivity contribution in [2.24, 2.45) is 5.92 Å². The number of carbonyl (C=O) groups is 1. The molecule has 1 atom stereocenters. The number of Topliss-reactive ketones (excluding diaryl/α,β-unsaturated/α-hetero) is 1. The Morgan fingerprint density at radius 1 is 1.05 bits per heavy atom. The first-order chi connectivity index (χ1) is 18.4. The molecule has 2 aromatic carbocycles. The Balaban J connectivity index is 1.40. The molecule has 6 rings (SSSR count). The molecule has 38 heavy (non-hydrogen) atoms. The lowest BCUT2D eigenvalue weighted by Crippen LogP contribution is -2.29. The van der Waals surface area contributed by atoms with Crippen LogP contribution < -0.4 is 15.5 Å². The van der Waals surface area contributed by atoms with Gasteiger partial charge in [0.05, 0.1) is 28.7 Å². The number of rotatable bonds is 7. The second-order valence-corrected chi connectivity index (χ2v) is 10.6. The summed E-state index contributed by atoms with van der Waals surface area (Å²) in [6.45, 7) is 3.55. The number of benzene rings is 2. The minimum atomic E-state index is -0.355. The molecule has 3 heterocycles. The summed E-state index contributed by atoms with van der Waals surface area (Å²) >= 11 is 6.29. The standard InChI is InChI=1S/C30H29ClFN5O/c1-17-25(31)12-20(13-26(17)32)19-5-7-27-23(11-19)29(24(15-34-27)30(38)18-3-4-18)36-21-6-8-28(35-14-21)37-10-9-22(16-37)33-2/h5-8,11-15,18,22,33H,3-4,9-10,16H2,1-2H3,(H,34,36). The quantitative estimate of drug-likeness (QED) is 0.265. The van der Waals surface area contributed by atoms with Gasteiger partial charge in [0.1, 0.15) is 11.6 Å². The molecule has 0 bridgehead atoms. The number of aromatic nitrogens is 2. The molecule has 1 saturated heterocycles. The Morgan fingerprint density at radius 3 is 2.58 bits per heavy atom. The Labute approximate surface area is 226 Å². The number of hydrogen-bond donors (Lipinski definition) is 2. The van der Waals surface area contributed by atoms with Crippen LogP contribution in [0.25, 0.3) is 22.0 Å². The fraction of sp³-hybridized carbons (Fsp3) is 0.300. The second-order valence-electron chi connectivity index (χ2n) is 10.2. The summed E-state index contributed by atoms with van der Waals surface area (Å²) < 4.78 is 14.5. The van der Waals surface area contributed by atoms with Crippen LogP contribution in [0.4, 0.5) is 21.6 Å². The third-order valence-corrected chi connectivity index (χ3v) is 8.03. The maximum absolute atomic E-state index is 14.5. The first-order valence-electron chi connectivity index (χ1n) is 13.0. The number of hydrogen-bond acceptors (Lipinski definition) is 6. The summed E-state index contributed by atoms with van der Waals surface area (Å²) in [6, 6.07) is 13.5. The van der Waals surface area contributed by atoms with Crippen molar-refractivity contribution in [2.45, 2.75) is 32.2 Å². The van der Waals surface area contributed by atoms with E-state index in [4.69, 9.17) is 16.6 Å². The van der Waals surface area contributed by atoms with E-state index in [1.165, 1.54) is 6.07 Å². The van der Waals surface area contributed by atoms with E-state index in [1.54, 1.807) is 25.4 Å². The predicted molar refractivity (Wildman–Crippen MR) is 151 cm³/mol. The van der Waals surface area contributed by atoms with Gasteiger partial charge in [-0.25, -0.2) is 9.37 Å². The average molecular weight is 530 g/mol. The number of pyridine rings is 2. The highest BCUT2D eigenvalue weighted by molar-refractivity contribution is 6.31. The van der Waals surface area contributed by atoms with E-state index in [0.29, 0.717) is 33.4 Å². The van der Waals surface area contributed by atoms with Crippen LogP contribution in [0, 0.1) is 18.7 Å². The van der Waals surface area contributed by atoms with Gasteiger partial charge in [-0.05, 0) is 80.8 Å². The molecule has 1 saturated carbocycles. The van der Waals surface area contributed by atoms with Gasteiger partial charge in [-0.1, -0.05) is 17.7 Å². The summed E-state index contributed by atoms with van der Waals surface area (Å²) in [5, 5.41) is 7.96. The molecule has 194 valence electrons. The molecule has 2 aliphatic rings. The normalized spacial score (nSPS) is 17.3. The summed E-state index contributed by atoms with van der Waals surface area (Å²) in [6.07, 6.45) is 6.36. The second kappa shape index (κ2) is 9.97. The van der Waals surface area contributed by atoms with Gasteiger partial charge in [-0.15, -0.1) is 0 Å². The highest BCUT2D eigenvalue weighted by atomic mass is 35.5. The first-order valence-corrected chi connectivity index (χ1v) is 13.4. The Kier molecular flexibility index (Phi) is 6.50. The number of likely N-dealkylation sites (N-methyl/N-ethyl adjacent to an activating group) is 1. The SMILES string of the molecule is CNC1CCN(c2ccc(Nc3c(C(=O)C4CC4)cnc4ccc(-c5cc(F)c(C)c(Cl)c5)cc34)cn2)C1. The van der Waals surface area contributed by atoms with Gasteiger partial charge in [0.15, 0.2) is 5.78 Å². The molecular weight excluding hydrogens is 501 g/mol. The average Bonchev–Trinajstić information content (AvgIpc) is 3.68. The minimum Gasteiger partial charge on any atom is -0.355 e. The molecule has 2 aromatic heterocycles. The van der Waals surface area contributed by atoms with Crippen molar-refractivity contribution in [1.82, 2.24) is 15.3 Å². The van der Waals surface area contributed by atoms with Gasteiger partial charge < -0.3 is 15.5 Å². The molecule has 0 spiro atoms. The van der Waals surface area contributed by atoms with E-state index in [2.05, 4.69) is 20.5 Å². The zero-order chi connectivity index (χ0) is 26.4. The molecule has 6 nitrogen and oxygen atoms in total. The largest absolute Gasteiger partial charge is 0.355 e. The van der Waals surface area contributed by atoms with Crippen molar-refractivity contribution >= 4 is 45.5 Å². The molecule has 4 aromatic rings. The zero-order valence-corrected chi connectivity index (χ0v) is 22.1. The third kappa shape index (κ3) is 4.72. The maximum atomic E-state index is 14.5. The molecule has 0 amide bonds. The third-order valence-electron chi connectivity index (χ3n) is 7.63. The van der Waals surface area contributed by atoms with E-state index in [9.17, 15) is 9.18 Å². The van der Waals surface area contributed by atoms with Crippen molar-refractivity contribution in [3.8, 4) is 11.1 Å². The van der Waals surface area contributed by atoms with Gasteiger partial charge in [0, 0.05) is 47.2 Å². The number of fused-ring (bicyclic) bond motifs is 1. The summed E-state index contributed by atoms with van der Waals surface area (Å²) in [4.78, 5) is 24.8. The lowest BCUT2D eigenvalue weighted by atomic mass is 9.98. The van der Waals surface area contributed by atoms with Crippen LogP contribution in [-0.2, 0) is 0 Å². The first kappa shape index (κ1) is 24.8. The molecule has 1 unspecified atom stereocenters. The molecule has 2 fully saturated rings. The van der Waals surface area contributed by atoms with Crippen molar-refractivity contribution in [1.29, 1.82) is 0 Å². The van der Waals surface area contributed by atoms with E-state index < -0.39 is 0 Å². The molecular formula is C30H29ClFN5O. The number of anilines is 3. The van der Waals surface area contributed by atoms with Crippen molar-refractivity contribution in [3.05, 3.63) is 76.8 Å².